The fourth-order valence-electron chi connectivity index (χ4n) is 1.25. The Morgan fingerprint density at radius 1 is 1.47 bits per heavy atom. The second-order valence-electron chi connectivity index (χ2n) is 3.57. The van der Waals surface area contributed by atoms with Gasteiger partial charge in [0.15, 0.2) is 11.4 Å². The van der Waals surface area contributed by atoms with Gasteiger partial charge in [0.1, 0.15) is 0 Å². The molecule has 1 aromatic heterocycles. The van der Waals surface area contributed by atoms with E-state index in [2.05, 4.69) is 4.98 Å². The Morgan fingerprint density at radius 3 is 2.53 bits per heavy atom. The van der Waals surface area contributed by atoms with E-state index < -0.39 is 12.6 Å². The molecule has 0 saturated carbocycles. The summed E-state index contributed by atoms with van der Waals surface area (Å²) in [4.78, 5) is 16.8. The normalized spacial score (nSPS) is 11.6. The molecule has 1 aromatic rings. The summed E-state index contributed by atoms with van der Waals surface area (Å²) in [5, 5.41) is 0.452. The second kappa shape index (κ2) is 5.48. The van der Waals surface area contributed by atoms with E-state index in [1.165, 1.54) is 4.90 Å². The molecule has 0 fully saturated rings. The lowest BCUT2D eigenvalue weighted by molar-refractivity contribution is -0.132. The molecule has 0 atom stereocenters. The Bertz CT molecular complexity index is 389. The van der Waals surface area contributed by atoms with Crippen molar-refractivity contribution in [3.63, 3.8) is 0 Å². The number of carbonyl (C=O) groups excluding carboxylic acids is 1. The minimum atomic E-state index is -4.17. The zero-order valence-electron chi connectivity index (χ0n) is 9.54. The Hall–Kier alpha value is -1.11. The largest absolute Gasteiger partial charge is 0.390 e. The predicted octanol–water partition coefficient (Wildman–Crippen LogP) is 2.91. The number of nitrogens with zero attached hydrogens (tertiary/aromatic N) is 2. The molecule has 1 heterocycles. The summed E-state index contributed by atoms with van der Waals surface area (Å²) >= 11 is 1.12. The van der Waals surface area contributed by atoms with Gasteiger partial charge in [-0.3, -0.25) is 4.79 Å². The molecule has 1 rings (SSSR count). The summed E-state index contributed by atoms with van der Waals surface area (Å²) in [6, 6.07) is 0. The molecule has 0 aliphatic carbocycles. The summed E-state index contributed by atoms with van der Waals surface area (Å²) in [5.41, 5.74) is 0.638. The molecule has 0 aliphatic heterocycles. The number of aromatic nitrogens is 1. The molecule has 96 valence electrons. The maximum Gasteiger partial charge on any atom is 0.390 e. The molecular formula is C10H13F3N2OS. The predicted molar refractivity (Wildman–Crippen MR) is 60.8 cm³/mol. The van der Waals surface area contributed by atoms with Crippen LogP contribution >= 0.6 is 11.3 Å². The zero-order valence-corrected chi connectivity index (χ0v) is 10.4. The Balaban J connectivity index is 2.72. The van der Waals surface area contributed by atoms with Crippen LogP contribution in [0.15, 0.2) is 0 Å². The van der Waals surface area contributed by atoms with E-state index in [0.29, 0.717) is 28.4 Å². The van der Waals surface area contributed by atoms with Crippen LogP contribution in [0.1, 0.15) is 28.7 Å². The fourth-order valence-corrected chi connectivity index (χ4v) is 2.20. The molecule has 3 nitrogen and oxygen atoms in total. The lowest BCUT2D eigenvalue weighted by atomic mass is 10.3. The third kappa shape index (κ3) is 3.99. The van der Waals surface area contributed by atoms with Gasteiger partial charge in [-0.2, -0.15) is 13.2 Å². The maximum atomic E-state index is 12.0. The number of halogens is 3. The van der Waals surface area contributed by atoms with Crippen molar-refractivity contribution in [1.82, 2.24) is 4.98 Å². The molecule has 0 bridgehead atoms. The molecule has 0 N–H and O–H groups in total. The molecule has 0 aliphatic rings. The second-order valence-corrected chi connectivity index (χ2v) is 4.57. The first kappa shape index (κ1) is 14.0. The van der Waals surface area contributed by atoms with Crippen LogP contribution < -0.4 is 4.90 Å². The van der Waals surface area contributed by atoms with Crippen molar-refractivity contribution in [3.05, 3.63) is 10.6 Å². The Labute approximate surface area is 101 Å². The number of thiazole rings is 1. The standard InChI is InChI=1S/C10H13F3N2OS/c1-3-7-8(6-16)17-9(14-7)15(2)5-4-10(11,12)13/h6H,3-5H2,1-2H3. The molecule has 0 radical (unpaired) electrons. The van der Waals surface area contributed by atoms with Gasteiger partial charge >= 0.3 is 6.18 Å². The number of hydrogen-bond donors (Lipinski definition) is 0. The van der Waals surface area contributed by atoms with E-state index in [0.717, 1.165) is 11.3 Å². The average molecular weight is 266 g/mol. The van der Waals surface area contributed by atoms with Crippen molar-refractivity contribution >= 4 is 22.8 Å². The van der Waals surface area contributed by atoms with Crippen molar-refractivity contribution in [2.45, 2.75) is 25.9 Å². The molecule has 7 heteroatoms. The number of carbonyl (C=O) groups is 1. The lowest BCUT2D eigenvalue weighted by Gasteiger charge is -2.16. The Morgan fingerprint density at radius 2 is 2.12 bits per heavy atom. The van der Waals surface area contributed by atoms with Crippen molar-refractivity contribution < 1.29 is 18.0 Å². The van der Waals surface area contributed by atoms with Crippen LogP contribution in [-0.4, -0.2) is 31.0 Å². The van der Waals surface area contributed by atoms with Crippen LogP contribution in [0.4, 0.5) is 18.3 Å². The molecule has 0 amide bonds. The maximum absolute atomic E-state index is 12.0. The number of hydrogen-bond acceptors (Lipinski definition) is 4. The van der Waals surface area contributed by atoms with Crippen LogP contribution in [0.2, 0.25) is 0 Å². The van der Waals surface area contributed by atoms with Gasteiger partial charge in [0.05, 0.1) is 17.0 Å². The van der Waals surface area contributed by atoms with Gasteiger partial charge in [-0.05, 0) is 6.42 Å². The summed E-state index contributed by atoms with van der Waals surface area (Å²) in [5.74, 6) is 0. The monoisotopic (exact) mass is 266 g/mol. The first-order valence-electron chi connectivity index (χ1n) is 5.10. The number of aldehydes is 1. The number of rotatable bonds is 5. The van der Waals surface area contributed by atoms with Crippen LogP contribution in [0.25, 0.3) is 0 Å². The van der Waals surface area contributed by atoms with Gasteiger partial charge < -0.3 is 4.90 Å². The molecule has 0 unspecified atom stereocenters. The van der Waals surface area contributed by atoms with Crippen molar-refractivity contribution in [2.24, 2.45) is 0 Å². The lowest BCUT2D eigenvalue weighted by Crippen LogP contribution is -2.23. The summed E-state index contributed by atoms with van der Waals surface area (Å²) in [7, 11) is 1.54. The zero-order chi connectivity index (χ0) is 13.1. The van der Waals surface area contributed by atoms with Gasteiger partial charge in [-0.25, -0.2) is 4.98 Å². The van der Waals surface area contributed by atoms with Crippen molar-refractivity contribution in [1.29, 1.82) is 0 Å². The summed E-state index contributed by atoms with van der Waals surface area (Å²) in [6.45, 7) is 1.69. The van der Waals surface area contributed by atoms with Crippen LogP contribution in [-0.2, 0) is 6.42 Å². The highest BCUT2D eigenvalue weighted by atomic mass is 32.1. The van der Waals surface area contributed by atoms with E-state index in [-0.39, 0.29) is 6.54 Å². The van der Waals surface area contributed by atoms with Gasteiger partial charge in [0, 0.05) is 13.6 Å². The van der Waals surface area contributed by atoms with Crippen LogP contribution in [0.5, 0.6) is 0 Å². The minimum absolute atomic E-state index is 0.154. The third-order valence-electron chi connectivity index (χ3n) is 2.22. The molecule has 0 spiro atoms. The smallest absolute Gasteiger partial charge is 0.351 e. The quantitative estimate of drug-likeness (QED) is 0.768. The summed E-state index contributed by atoms with van der Waals surface area (Å²) in [6.07, 6.45) is -3.77. The third-order valence-corrected chi connectivity index (χ3v) is 3.35. The topological polar surface area (TPSA) is 33.2 Å². The van der Waals surface area contributed by atoms with E-state index in [9.17, 15) is 18.0 Å². The number of aryl methyl sites for hydroxylation is 1. The fraction of sp³-hybridized carbons (Fsp3) is 0.600. The van der Waals surface area contributed by atoms with Crippen molar-refractivity contribution in [2.75, 3.05) is 18.5 Å². The number of alkyl halides is 3. The van der Waals surface area contributed by atoms with E-state index in [1.807, 2.05) is 6.92 Å². The van der Waals surface area contributed by atoms with Gasteiger partial charge in [0.25, 0.3) is 0 Å². The first-order valence-corrected chi connectivity index (χ1v) is 5.91. The SMILES string of the molecule is CCc1nc(N(C)CCC(F)(F)F)sc1C=O. The molecule has 0 saturated heterocycles. The highest BCUT2D eigenvalue weighted by Crippen LogP contribution is 2.26. The molecular weight excluding hydrogens is 253 g/mol. The number of anilines is 1. The van der Waals surface area contributed by atoms with Crippen LogP contribution in [0.3, 0.4) is 0 Å². The van der Waals surface area contributed by atoms with Gasteiger partial charge in [0.2, 0.25) is 0 Å². The minimum Gasteiger partial charge on any atom is -0.351 e. The van der Waals surface area contributed by atoms with E-state index in [4.69, 9.17) is 0 Å². The van der Waals surface area contributed by atoms with Gasteiger partial charge in [-0.1, -0.05) is 18.3 Å². The highest BCUT2D eigenvalue weighted by molar-refractivity contribution is 7.17. The molecule has 17 heavy (non-hydrogen) atoms. The van der Waals surface area contributed by atoms with E-state index >= 15 is 0 Å². The Kier molecular flexibility index (Phi) is 4.50. The van der Waals surface area contributed by atoms with Crippen LogP contribution in [0, 0.1) is 0 Å². The molecule has 0 aromatic carbocycles. The summed E-state index contributed by atoms with van der Waals surface area (Å²) < 4.78 is 36.1. The average Bonchev–Trinajstić information content (AvgIpc) is 2.67. The van der Waals surface area contributed by atoms with Crippen molar-refractivity contribution in [3.8, 4) is 0 Å². The first-order chi connectivity index (χ1) is 7.87. The highest BCUT2D eigenvalue weighted by Gasteiger charge is 2.27. The van der Waals surface area contributed by atoms with E-state index in [1.54, 1.807) is 7.05 Å². The van der Waals surface area contributed by atoms with Gasteiger partial charge in [-0.15, -0.1) is 0 Å².